The minimum absolute atomic E-state index is 0.267. The monoisotopic (exact) mass is 427 g/mol. The lowest BCUT2D eigenvalue weighted by molar-refractivity contribution is 1.15. The van der Waals surface area contributed by atoms with Gasteiger partial charge in [-0.3, -0.25) is 0 Å². The van der Waals surface area contributed by atoms with Crippen LogP contribution in [0, 0.1) is 11.3 Å². The van der Waals surface area contributed by atoms with E-state index in [0.717, 1.165) is 18.3 Å². The molecule has 1 aromatic heterocycles. The van der Waals surface area contributed by atoms with Crippen molar-refractivity contribution in [1.29, 1.82) is 5.26 Å². The first-order chi connectivity index (χ1) is 14.7. The van der Waals surface area contributed by atoms with Crippen molar-refractivity contribution >= 4 is 29.5 Å². The molecule has 0 atom stereocenters. The second-order valence-electron chi connectivity index (χ2n) is 7.07. The van der Waals surface area contributed by atoms with Crippen molar-refractivity contribution in [3.05, 3.63) is 125 Å². The van der Waals surface area contributed by atoms with Crippen molar-refractivity contribution in [1.82, 2.24) is 4.98 Å². The number of hydrogen-bond donors (Lipinski definition) is 0. The zero-order valence-electron chi connectivity index (χ0n) is 16.4. The summed E-state index contributed by atoms with van der Waals surface area (Å²) < 4.78 is 0. The first-order valence-electron chi connectivity index (χ1n) is 9.82. The van der Waals surface area contributed by atoms with Gasteiger partial charge in [-0.25, -0.2) is 4.98 Å². The molecule has 0 saturated heterocycles. The highest BCUT2D eigenvalue weighted by Gasteiger charge is 2.47. The standard InChI is InChI=1S/C26H21ClN2P/c27-26-21(19-28)17-18-22(29-26)20-30(24-13-7-3-8-14-24,25-15-9-4-10-16-25)23-11-5-1-2-6-12-23/h1-11,13-18H,12,20H2/q+1. The Hall–Kier alpha value is -2.98. The van der Waals surface area contributed by atoms with Gasteiger partial charge < -0.3 is 0 Å². The SMILES string of the molecule is N#Cc1ccc(C[P+](C2=CC=CC=CC2)(c2ccccc2)c2ccccc2)nc1Cl. The summed E-state index contributed by atoms with van der Waals surface area (Å²) in [7, 11) is -2.01. The van der Waals surface area contributed by atoms with Crippen LogP contribution < -0.4 is 10.6 Å². The molecule has 0 aliphatic heterocycles. The van der Waals surface area contributed by atoms with E-state index in [0.29, 0.717) is 5.56 Å². The van der Waals surface area contributed by atoms with Crippen LogP contribution in [0.5, 0.6) is 0 Å². The van der Waals surface area contributed by atoms with Crippen LogP contribution in [0.1, 0.15) is 17.7 Å². The number of rotatable bonds is 5. The van der Waals surface area contributed by atoms with Gasteiger partial charge in [0.05, 0.1) is 16.6 Å². The average Bonchev–Trinajstić information content (AvgIpc) is 3.09. The lowest BCUT2D eigenvalue weighted by Crippen LogP contribution is -2.25. The summed E-state index contributed by atoms with van der Waals surface area (Å²) in [6.45, 7) is 0. The Morgan fingerprint density at radius 3 is 2.13 bits per heavy atom. The quantitative estimate of drug-likeness (QED) is 0.360. The van der Waals surface area contributed by atoms with Crippen LogP contribution >= 0.6 is 18.9 Å². The summed E-state index contributed by atoms with van der Waals surface area (Å²) in [5.41, 5.74) is 1.31. The zero-order chi connectivity index (χ0) is 20.8. The molecule has 0 saturated carbocycles. The molecule has 0 unspecified atom stereocenters. The molecule has 0 bridgehead atoms. The Morgan fingerprint density at radius 1 is 0.867 bits per heavy atom. The van der Waals surface area contributed by atoms with Crippen LogP contribution in [0.25, 0.3) is 0 Å². The third-order valence-electron chi connectivity index (χ3n) is 5.28. The largest absolute Gasteiger partial charge is 0.236 e. The van der Waals surface area contributed by atoms with E-state index in [9.17, 15) is 5.26 Å². The lowest BCUT2D eigenvalue weighted by atomic mass is 10.3. The molecule has 2 nitrogen and oxygen atoms in total. The fraction of sp³-hybridized carbons (Fsp3) is 0.0769. The van der Waals surface area contributed by atoms with Crippen LogP contribution in [0.4, 0.5) is 0 Å². The van der Waals surface area contributed by atoms with Crippen molar-refractivity contribution in [2.75, 3.05) is 0 Å². The molecule has 4 rings (SSSR count). The van der Waals surface area contributed by atoms with Crippen molar-refractivity contribution in [2.24, 2.45) is 0 Å². The van der Waals surface area contributed by atoms with Gasteiger partial charge in [-0.1, -0.05) is 72.3 Å². The number of aromatic nitrogens is 1. The third-order valence-corrected chi connectivity index (χ3v) is 10.0. The molecule has 1 aliphatic rings. The molecule has 1 heterocycles. The fourth-order valence-electron chi connectivity index (χ4n) is 3.87. The highest BCUT2D eigenvalue weighted by molar-refractivity contribution is 7.92. The fourth-order valence-corrected chi connectivity index (χ4v) is 8.39. The van der Waals surface area contributed by atoms with Gasteiger partial charge in [-0.2, -0.15) is 5.26 Å². The molecular weight excluding hydrogens is 407 g/mol. The van der Waals surface area contributed by atoms with Gasteiger partial charge in [-0.15, -0.1) is 0 Å². The smallest absolute Gasteiger partial charge is 0.147 e. The number of allylic oxidation sites excluding steroid dienone is 6. The minimum atomic E-state index is -2.01. The van der Waals surface area contributed by atoms with Crippen molar-refractivity contribution in [3.63, 3.8) is 0 Å². The van der Waals surface area contributed by atoms with E-state index in [-0.39, 0.29) is 5.15 Å². The number of halogens is 1. The molecule has 3 aromatic rings. The third kappa shape index (κ3) is 4.01. The van der Waals surface area contributed by atoms with Crippen LogP contribution in [0.3, 0.4) is 0 Å². The van der Waals surface area contributed by atoms with Gasteiger partial charge in [-0.05, 0) is 42.5 Å². The van der Waals surface area contributed by atoms with Gasteiger partial charge in [0.2, 0.25) is 0 Å². The molecule has 4 heteroatoms. The zero-order valence-corrected chi connectivity index (χ0v) is 18.1. The number of nitrogens with zero attached hydrogens (tertiary/aromatic N) is 2. The number of pyridine rings is 1. The molecule has 2 aromatic carbocycles. The van der Waals surface area contributed by atoms with Gasteiger partial charge in [0.1, 0.15) is 35.3 Å². The topological polar surface area (TPSA) is 36.7 Å². The first-order valence-corrected chi connectivity index (χ1v) is 12.2. The maximum absolute atomic E-state index is 9.24. The summed E-state index contributed by atoms with van der Waals surface area (Å²) >= 11 is 6.30. The predicted molar refractivity (Wildman–Crippen MR) is 128 cm³/mol. The predicted octanol–water partition coefficient (Wildman–Crippen LogP) is 6.18. The molecule has 0 N–H and O–H groups in total. The molecule has 30 heavy (non-hydrogen) atoms. The Morgan fingerprint density at radius 2 is 1.53 bits per heavy atom. The van der Waals surface area contributed by atoms with Gasteiger partial charge >= 0.3 is 0 Å². The normalized spacial score (nSPS) is 13.4. The average molecular weight is 428 g/mol. The Labute approximate surface area is 183 Å². The Kier molecular flexibility index (Phi) is 6.24. The van der Waals surface area contributed by atoms with Crippen molar-refractivity contribution in [3.8, 4) is 6.07 Å². The number of benzene rings is 2. The highest BCUT2D eigenvalue weighted by atomic mass is 35.5. The van der Waals surface area contributed by atoms with E-state index >= 15 is 0 Å². The van der Waals surface area contributed by atoms with Crippen molar-refractivity contribution < 1.29 is 0 Å². The molecule has 1 aliphatic carbocycles. The lowest BCUT2D eigenvalue weighted by Gasteiger charge is -2.29. The van der Waals surface area contributed by atoms with E-state index in [4.69, 9.17) is 11.6 Å². The first kappa shape index (κ1) is 20.3. The van der Waals surface area contributed by atoms with E-state index in [1.165, 1.54) is 15.9 Å². The molecule has 0 fully saturated rings. The van der Waals surface area contributed by atoms with Crippen LogP contribution in [-0.4, -0.2) is 4.98 Å². The van der Waals surface area contributed by atoms with Crippen LogP contribution in [0.2, 0.25) is 5.15 Å². The number of hydrogen-bond acceptors (Lipinski definition) is 2. The number of nitriles is 1. The van der Waals surface area contributed by atoms with E-state index < -0.39 is 7.26 Å². The van der Waals surface area contributed by atoms with Crippen LogP contribution in [-0.2, 0) is 6.16 Å². The highest BCUT2D eigenvalue weighted by Crippen LogP contribution is 2.67. The summed E-state index contributed by atoms with van der Waals surface area (Å²) in [6, 6.07) is 27.3. The van der Waals surface area contributed by atoms with Gasteiger partial charge in [0.25, 0.3) is 0 Å². The molecule has 146 valence electrons. The maximum atomic E-state index is 9.24. The Bertz CT molecular complexity index is 1120. The Balaban J connectivity index is 1.96. The van der Waals surface area contributed by atoms with E-state index in [1.807, 2.05) is 6.07 Å². The minimum Gasteiger partial charge on any atom is -0.236 e. The second-order valence-corrected chi connectivity index (χ2v) is 11.0. The summed E-state index contributed by atoms with van der Waals surface area (Å²) in [5, 5.41) is 13.5. The summed E-state index contributed by atoms with van der Waals surface area (Å²) in [4.78, 5) is 4.61. The van der Waals surface area contributed by atoms with Crippen LogP contribution in [0.15, 0.2) is 108 Å². The van der Waals surface area contributed by atoms with Gasteiger partial charge in [0, 0.05) is 6.42 Å². The van der Waals surface area contributed by atoms with Crippen molar-refractivity contribution in [2.45, 2.75) is 12.6 Å². The van der Waals surface area contributed by atoms with Gasteiger partial charge in [0.15, 0.2) is 0 Å². The van der Waals surface area contributed by atoms with E-state index in [2.05, 4.69) is 102 Å². The molecule has 0 spiro atoms. The maximum Gasteiger partial charge on any atom is 0.147 e. The van der Waals surface area contributed by atoms with E-state index in [1.54, 1.807) is 6.07 Å². The molecular formula is C26H21ClN2P+. The molecule has 0 amide bonds. The summed E-state index contributed by atoms with van der Waals surface area (Å²) in [5.74, 6) is 0. The molecule has 0 radical (unpaired) electrons. The summed E-state index contributed by atoms with van der Waals surface area (Å²) in [6.07, 6.45) is 12.4. The second kappa shape index (κ2) is 9.23.